The molecule has 0 spiro atoms. The Hall–Kier alpha value is -2.04. The molecule has 0 bridgehead atoms. The second-order valence-electron chi connectivity index (χ2n) is 6.59. The van der Waals surface area contributed by atoms with E-state index in [0.717, 1.165) is 49.9 Å². The van der Waals surface area contributed by atoms with Gasteiger partial charge in [0.25, 0.3) is 0 Å². The summed E-state index contributed by atoms with van der Waals surface area (Å²) in [4.78, 5) is 25.3. The van der Waals surface area contributed by atoms with E-state index >= 15 is 0 Å². The molecule has 1 fully saturated rings. The molecule has 1 aromatic carbocycles. The van der Waals surface area contributed by atoms with Crippen LogP contribution in [0.5, 0.6) is 0 Å². The number of primary amides is 1. The van der Waals surface area contributed by atoms with Crippen LogP contribution in [0, 0.1) is 5.92 Å². The molecular weight excluding hydrogens is 302 g/mol. The molecule has 5 heteroatoms. The number of nitrogens with one attached hydrogen (secondary N) is 1. The number of benzene rings is 1. The van der Waals surface area contributed by atoms with E-state index in [-0.39, 0.29) is 17.7 Å². The lowest BCUT2D eigenvalue weighted by Crippen LogP contribution is -2.41. The Morgan fingerprint density at radius 3 is 2.67 bits per heavy atom. The zero-order valence-electron chi connectivity index (χ0n) is 14.6. The Bertz CT molecular complexity index is 542. The zero-order chi connectivity index (χ0) is 17.4. The lowest BCUT2D eigenvalue weighted by molar-refractivity contribution is -0.122. The molecule has 0 aromatic heterocycles. The monoisotopic (exact) mass is 331 g/mol. The second kappa shape index (κ2) is 9.30. The molecule has 1 aliphatic heterocycles. The lowest BCUT2D eigenvalue weighted by Gasteiger charge is -2.33. The van der Waals surface area contributed by atoms with Gasteiger partial charge in [-0.15, -0.1) is 0 Å². The van der Waals surface area contributed by atoms with E-state index in [0.29, 0.717) is 19.5 Å². The Morgan fingerprint density at radius 2 is 2.00 bits per heavy atom. The largest absolute Gasteiger partial charge is 0.371 e. The molecule has 0 radical (unpaired) electrons. The maximum Gasteiger partial charge on any atom is 0.222 e. The van der Waals surface area contributed by atoms with Crippen molar-refractivity contribution >= 4 is 17.5 Å². The third-order valence-electron chi connectivity index (χ3n) is 4.62. The molecule has 24 heavy (non-hydrogen) atoms. The van der Waals surface area contributed by atoms with Crippen LogP contribution in [0.1, 0.15) is 51.0 Å². The van der Waals surface area contributed by atoms with Crippen LogP contribution < -0.4 is 16.0 Å². The third-order valence-corrected chi connectivity index (χ3v) is 4.62. The van der Waals surface area contributed by atoms with Gasteiger partial charge in [-0.25, -0.2) is 0 Å². The van der Waals surface area contributed by atoms with Gasteiger partial charge < -0.3 is 16.0 Å². The van der Waals surface area contributed by atoms with E-state index in [4.69, 9.17) is 5.73 Å². The fraction of sp³-hybridized carbons (Fsp3) is 0.579. The summed E-state index contributed by atoms with van der Waals surface area (Å²) < 4.78 is 0. The van der Waals surface area contributed by atoms with Gasteiger partial charge in [0.2, 0.25) is 11.8 Å². The van der Waals surface area contributed by atoms with Crippen molar-refractivity contribution in [1.29, 1.82) is 0 Å². The maximum atomic E-state index is 11.7. The first-order valence-electron chi connectivity index (χ1n) is 9.00. The van der Waals surface area contributed by atoms with Gasteiger partial charge in [0.15, 0.2) is 0 Å². The number of carbonyl (C=O) groups excluding carboxylic acids is 2. The van der Waals surface area contributed by atoms with Gasteiger partial charge >= 0.3 is 0 Å². The predicted molar refractivity (Wildman–Crippen MR) is 96.6 cm³/mol. The van der Waals surface area contributed by atoms with Crippen molar-refractivity contribution < 1.29 is 9.59 Å². The lowest BCUT2D eigenvalue weighted by atomic mass is 9.97. The van der Waals surface area contributed by atoms with Gasteiger partial charge in [-0.2, -0.15) is 0 Å². The van der Waals surface area contributed by atoms with Gasteiger partial charge in [-0.05, 0) is 37.0 Å². The number of hydrogen-bond donors (Lipinski definition) is 2. The number of nitrogens with two attached hydrogens (primary N) is 1. The van der Waals surface area contributed by atoms with Gasteiger partial charge in [0, 0.05) is 31.7 Å². The highest BCUT2D eigenvalue weighted by molar-refractivity contribution is 5.77. The molecule has 1 aromatic rings. The first-order chi connectivity index (χ1) is 11.6. The molecule has 2 amide bonds. The van der Waals surface area contributed by atoms with Crippen LogP contribution >= 0.6 is 0 Å². The maximum absolute atomic E-state index is 11.7. The fourth-order valence-electron chi connectivity index (χ4n) is 3.09. The summed E-state index contributed by atoms with van der Waals surface area (Å²) in [6.07, 6.45) is 5.66. The van der Waals surface area contributed by atoms with E-state index in [9.17, 15) is 9.59 Å². The summed E-state index contributed by atoms with van der Waals surface area (Å²) in [5.41, 5.74) is 7.64. The number of anilines is 1. The Morgan fingerprint density at radius 1 is 1.25 bits per heavy atom. The van der Waals surface area contributed by atoms with Crippen molar-refractivity contribution in [3.63, 3.8) is 0 Å². The highest BCUT2D eigenvalue weighted by Crippen LogP contribution is 2.23. The SMILES string of the molecule is CCCCCC(=O)NCc1ccc(N2CCCC(C(N)=O)C2)cc1. The number of nitrogens with zero attached hydrogens (tertiary/aromatic N) is 1. The molecule has 1 atom stereocenters. The number of piperidine rings is 1. The van der Waals surface area contributed by atoms with Crippen molar-refractivity contribution in [3.05, 3.63) is 29.8 Å². The molecule has 132 valence electrons. The van der Waals surface area contributed by atoms with Gasteiger partial charge in [-0.3, -0.25) is 9.59 Å². The number of hydrogen-bond acceptors (Lipinski definition) is 3. The quantitative estimate of drug-likeness (QED) is 0.719. The van der Waals surface area contributed by atoms with Crippen molar-refractivity contribution in [3.8, 4) is 0 Å². The van der Waals surface area contributed by atoms with Crippen molar-refractivity contribution in [2.75, 3.05) is 18.0 Å². The second-order valence-corrected chi connectivity index (χ2v) is 6.59. The molecule has 1 heterocycles. The minimum absolute atomic E-state index is 0.0548. The van der Waals surface area contributed by atoms with Gasteiger partial charge in [0.05, 0.1) is 5.92 Å². The third kappa shape index (κ3) is 5.55. The number of unbranched alkanes of at least 4 members (excludes halogenated alkanes) is 2. The fourth-order valence-corrected chi connectivity index (χ4v) is 3.09. The first kappa shape index (κ1) is 18.3. The number of rotatable bonds is 8. The average molecular weight is 331 g/mol. The summed E-state index contributed by atoms with van der Waals surface area (Å²) in [7, 11) is 0. The predicted octanol–water partition coefficient (Wildman–Crippen LogP) is 2.58. The van der Waals surface area contributed by atoms with Crippen LogP contribution in [0.3, 0.4) is 0 Å². The van der Waals surface area contributed by atoms with Crippen LogP contribution in [0.25, 0.3) is 0 Å². The van der Waals surface area contributed by atoms with Crippen LogP contribution in [0.15, 0.2) is 24.3 Å². The minimum Gasteiger partial charge on any atom is -0.371 e. The highest BCUT2D eigenvalue weighted by Gasteiger charge is 2.23. The van der Waals surface area contributed by atoms with Gasteiger partial charge in [-0.1, -0.05) is 31.9 Å². The summed E-state index contributed by atoms with van der Waals surface area (Å²) in [6.45, 7) is 4.35. The van der Waals surface area contributed by atoms with E-state index in [1.165, 1.54) is 0 Å². The van der Waals surface area contributed by atoms with Crippen LogP contribution in [-0.4, -0.2) is 24.9 Å². The van der Waals surface area contributed by atoms with Crippen LogP contribution in [0.4, 0.5) is 5.69 Å². The molecule has 1 aliphatic rings. The molecule has 3 N–H and O–H groups in total. The van der Waals surface area contributed by atoms with E-state index in [1.54, 1.807) is 0 Å². The zero-order valence-corrected chi connectivity index (χ0v) is 14.6. The molecule has 0 saturated carbocycles. The molecule has 5 nitrogen and oxygen atoms in total. The normalized spacial score (nSPS) is 17.5. The van der Waals surface area contributed by atoms with Crippen molar-refractivity contribution in [2.45, 2.75) is 52.0 Å². The van der Waals surface area contributed by atoms with E-state index in [1.807, 2.05) is 12.1 Å². The molecule has 1 saturated heterocycles. The summed E-state index contributed by atoms with van der Waals surface area (Å²) >= 11 is 0. The Kier molecular flexibility index (Phi) is 7.09. The summed E-state index contributed by atoms with van der Waals surface area (Å²) in [6, 6.07) is 8.19. The molecular formula is C19H29N3O2. The molecule has 1 unspecified atom stereocenters. The topological polar surface area (TPSA) is 75.4 Å². The highest BCUT2D eigenvalue weighted by atomic mass is 16.2. The van der Waals surface area contributed by atoms with Crippen LogP contribution in [-0.2, 0) is 16.1 Å². The minimum atomic E-state index is -0.206. The first-order valence-corrected chi connectivity index (χ1v) is 9.00. The standard InChI is InChI=1S/C19H29N3O2/c1-2-3-4-7-18(23)21-13-15-8-10-17(11-9-15)22-12-5-6-16(14-22)19(20)24/h8-11,16H,2-7,12-14H2,1H3,(H2,20,24)(H,21,23). The number of amides is 2. The van der Waals surface area contributed by atoms with E-state index < -0.39 is 0 Å². The summed E-state index contributed by atoms with van der Waals surface area (Å²) in [5.74, 6) is -0.143. The Balaban J connectivity index is 1.82. The van der Waals surface area contributed by atoms with Crippen LogP contribution in [0.2, 0.25) is 0 Å². The smallest absolute Gasteiger partial charge is 0.222 e. The van der Waals surface area contributed by atoms with E-state index in [2.05, 4.69) is 29.3 Å². The molecule has 0 aliphatic carbocycles. The number of carbonyl (C=O) groups is 2. The van der Waals surface area contributed by atoms with Gasteiger partial charge in [0.1, 0.15) is 0 Å². The average Bonchev–Trinajstić information content (AvgIpc) is 2.61. The molecule has 2 rings (SSSR count). The van der Waals surface area contributed by atoms with Crippen molar-refractivity contribution in [1.82, 2.24) is 5.32 Å². The Labute approximate surface area is 144 Å². The summed E-state index contributed by atoms with van der Waals surface area (Å²) in [5, 5.41) is 2.97. The van der Waals surface area contributed by atoms with Crippen molar-refractivity contribution in [2.24, 2.45) is 11.7 Å².